The highest BCUT2D eigenvalue weighted by molar-refractivity contribution is 5.76. The Morgan fingerprint density at radius 2 is 2.22 bits per heavy atom. The Bertz CT molecular complexity index is 536. The fourth-order valence-electron chi connectivity index (χ4n) is 3.35. The van der Waals surface area contributed by atoms with Crippen molar-refractivity contribution in [3.05, 3.63) is 17.7 Å². The van der Waals surface area contributed by atoms with E-state index in [4.69, 9.17) is 0 Å². The summed E-state index contributed by atoms with van der Waals surface area (Å²) in [6.45, 7) is 7.83. The number of hydrogen-bond donors (Lipinski definition) is 2. The van der Waals surface area contributed by atoms with Crippen LogP contribution in [-0.2, 0) is 18.4 Å². The Balaban J connectivity index is 2.13. The minimum absolute atomic E-state index is 0.381. The molecule has 0 spiro atoms. The molecule has 0 saturated carbocycles. The molecule has 2 N–H and O–H groups in total. The van der Waals surface area contributed by atoms with Crippen LogP contribution in [0.4, 0.5) is 0 Å². The Morgan fingerprint density at radius 3 is 2.74 bits per heavy atom. The molecule has 130 valence electrons. The predicted octanol–water partition coefficient (Wildman–Crippen LogP) is 1.80. The lowest BCUT2D eigenvalue weighted by Gasteiger charge is -2.43. The van der Waals surface area contributed by atoms with Gasteiger partial charge >= 0.3 is 5.97 Å². The van der Waals surface area contributed by atoms with Crippen LogP contribution in [0.5, 0.6) is 0 Å². The van der Waals surface area contributed by atoms with Gasteiger partial charge in [-0.1, -0.05) is 13.8 Å². The van der Waals surface area contributed by atoms with Gasteiger partial charge in [-0.2, -0.15) is 0 Å². The van der Waals surface area contributed by atoms with E-state index in [1.807, 2.05) is 24.7 Å². The predicted molar refractivity (Wildman–Crippen MR) is 88.0 cm³/mol. The molecule has 1 aliphatic rings. The van der Waals surface area contributed by atoms with E-state index < -0.39 is 17.5 Å². The third-order valence-corrected chi connectivity index (χ3v) is 5.00. The third-order valence-electron chi connectivity index (χ3n) is 5.00. The molecule has 0 amide bonds. The zero-order valence-electron chi connectivity index (χ0n) is 14.6. The number of aliphatic carboxylic acids is 1. The first-order valence-electron chi connectivity index (χ1n) is 8.37. The highest BCUT2D eigenvalue weighted by atomic mass is 16.4. The number of carboxylic acids is 1. The number of nitrogens with zero attached hydrogens (tertiary/aromatic N) is 3. The lowest BCUT2D eigenvalue weighted by Crippen LogP contribution is -2.55. The van der Waals surface area contributed by atoms with E-state index in [1.54, 1.807) is 0 Å². The van der Waals surface area contributed by atoms with Gasteiger partial charge in [-0.15, -0.1) is 0 Å². The average Bonchev–Trinajstić information content (AvgIpc) is 2.77. The van der Waals surface area contributed by atoms with Crippen LogP contribution < -0.4 is 0 Å². The molecule has 1 aromatic heterocycles. The molecule has 2 atom stereocenters. The highest BCUT2D eigenvalue weighted by Gasteiger charge is 2.48. The summed E-state index contributed by atoms with van der Waals surface area (Å²) >= 11 is 0. The summed E-state index contributed by atoms with van der Waals surface area (Å²) in [5.74, 6) is 0.487. The molecule has 0 aromatic carbocycles. The Labute approximate surface area is 138 Å². The number of aromatic nitrogens is 2. The summed E-state index contributed by atoms with van der Waals surface area (Å²) in [5.41, 5.74) is -0.115. The molecule has 23 heavy (non-hydrogen) atoms. The van der Waals surface area contributed by atoms with Crippen molar-refractivity contribution in [1.82, 2.24) is 14.5 Å². The van der Waals surface area contributed by atoms with Crippen LogP contribution in [0.1, 0.15) is 44.6 Å². The minimum atomic E-state index is -1.06. The molecular weight excluding hydrogens is 294 g/mol. The van der Waals surface area contributed by atoms with E-state index in [9.17, 15) is 15.0 Å². The van der Waals surface area contributed by atoms with Crippen LogP contribution in [0, 0.1) is 18.3 Å². The van der Waals surface area contributed by atoms with Gasteiger partial charge in [0.25, 0.3) is 0 Å². The van der Waals surface area contributed by atoms with Crippen LogP contribution in [0.3, 0.4) is 0 Å². The van der Waals surface area contributed by atoms with Gasteiger partial charge < -0.3 is 14.8 Å². The first-order valence-corrected chi connectivity index (χ1v) is 8.37. The Hall–Kier alpha value is -1.40. The number of imidazole rings is 1. The second-order valence-corrected chi connectivity index (χ2v) is 7.30. The first-order chi connectivity index (χ1) is 10.7. The summed E-state index contributed by atoms with van der Waals surface area (Å²) < 4.78 is 1.97. The largest absolute Gasteiger partial charge is 0.481 e. The van der Waals surface area contributed by atoms with Gasteiger partial charge in [-0.05, 0) is 32.1 Å². The van der Waals surface area contributed by atoms with Gasteiger partial charge in [-0.25, -0.2) is 4.98 Å². The lowest BCUT2D eigenvalue weighted by atomic mass is 9.73. The normalized spacial score (nSPS) is 25.9. The molecular formula is C17H29N3O3. The minimum Gasteiger partial charge on any atom is -0.481 e. The monoisotopic (exact) mass is 323 g/mol. The van der Waals surface area contributed by atoms with Crippen molar-refractivity contribution in [2.24, 2.45) is 18.4 Å². The molecule has 1 aliphatic heterocycles. The van der Waals surface area contributed by atoms with Gasteiger partial charge in [-0.3, -0.25) is 9.69 Å². The van der Waals surface area contributed by atoms with E-state index in [2.05, 4.69) is 23.7 Å². The van der Waals surface area contributed by atoms with Crippen molar-refractivity contribution in [3.8, 4) is 0 Å². The first kappa shape index (κ1) is 17.9. The Morgan fingerprint density at radius 1 is 1.52 bits per heavy atom. The van der Waals surface area contributed by atoms with Gasteiger partial charge in [0, 0.05) is 32.9 Å². The number of piperidine rings is 1. The molecule has 2 rings (SSSR count). The number of aliphatic hydroxyl groups is 1. The third kappa shape index (κ3) is 3.93. The average molecular weight is 323 g/mol. The quantitative estimate of drug-likeness (QED) is 0.834. The zero-order valence-corrected chi connectivity index (χ0v) is 14.6. The van der Waals surface area contributed by atoms with Crippen molar-refractivity contribution in [2.45, 2.75) is 52.7 Å². The second kappa shape index (κ2) is 7.01. The standard InChI is InChI=1S/C17H29N3O3/c1-12(2)5-7-17(16(22)23)11-20(8-6-15(17)21)10-14-9-19(4)13(3)18-14/h9,12,15,21H,5-8,10-11H2,1-4H3,(H,22,23)/t15-,17+/m0/s1. The van der Waals surface area contributed by atoms with Crippen molar-refractivity contribution in [2.75, 3.05) is 13.1 Å². The molecule has 1 saturated heterocycles. The van der Waals surface area contributed by atoms with Crippen molar-refractivity contribution < 1.29 is 15.0 Å². The van der Waals surface area contributed by atoms with Gasteiger partial charge in [0.2, 0.25) is 0 Å². The second-order valence-electron chi connectivity index (χ2n) is 7.30. The summed E-state index contributed by atoms with van der Waals surface area (Å²) in [6.07, 6.45) is 3.02. The van der Waals surface area contributed by atoms with Gasteiger partial charge in [0.1, 0.15) is 11.2 Å². The summed E-state index contributed by atoms with van der Waals surface area (Å²) in [4.78, 5) is 18.6. The van der Waals surface area contributed by atoms with Crippen LogP contribution in [0.15, 0.2) is 6.20 Å². The van der Waals surface area contributed by atoms with E-state index in [-0.39, 0.29) is 0 Å². The van der Waals surface area contributed by atoms with Crippen molar-refractivity contribution in [3.63, 3.8) is 0 Å². The number of likely N-dealkylation sites (tertiary alicyclic amines) is 1. The van der Waals surface area contributed by atoms with Gasteiger partial charge in [0.05, 0.1) is 11.8 Å². The van der Waals surface area contributed by atoms with E-state index >= 15 is 0 Å². The van der Waals surface area contributed by atoms with E-state index in [0.29, 0.717) is 38.4 Å². The molecule has 6 heteroatoms. The van der Waals surface area contributed by atoms with Crippen LogP contribution in [0.25, 0.3) is 0 Å². The Kier molecular flexibility index (Phi) is 5.47. The lowest BCUT2D eigenvalue weighted by molar-refractivity contribution is -0.165. The number of carbonyl (C=O) groups is 1. The summed E-state index contributed by atoms with van der Waals surface area (Å²) in [5, 5.41) is 20.2. The van der Waals surface area contributed by atoms with Crippen LogP contribution in [0.2, 0.25) is 0 Å². The molecule has 1 aromatic rings. The van der Waals surface area contributed by atoms with E-state index in [1.165, 1.54) is 0 Å². The molecule has 0 aliphatic carbocycles. The fourth-order valence-corrected chi connectivity index (χ4v) is 3.35. The number of aliphatic hydroxyl groups excluding tert-OH is 1. The van der Waals surface area contributed by atoms with Crippen molar-refractivity contribution in [1.29, 1.82) is 0 Å². The van der Waals surface area contributed by atoms with Crippen molar-refractivity contribution >= 4 is 5.97 Å². The molecule has 0 unspecified atom stereocenters. The maximum atomic E-state index is 11.9. The smallest absolute Gasteiger partial charge is 0.313 e. The maximum Gasteiger partial charge on any atom is 0.313 e. The summed E-state index contributed by atoms with van der Waals surface area (Å²) in [7, 11) is 1.95. The molecule has 1 fully saturated rings. The topological polar surface area (TPSA) is 78.6 Å². The van der Waals surface area contributed by atoms with Gasteiger partial charge in [0.15, 0.2) is 0 Å². The molecule has 2 heterocycles. The molecule has 0 radical (unpaired) electrons. The number of aryl methyl sites for hydroxylation is 2. The number of carboxylic acid groups (broad SMARTS) is 1. The van der Waals surface area contributed by atoms with Crippen LogP contribution >= 0.6 is 0 Å². The molecule has 6 nitrogen and oxygen atoms in total. The summed E-state index contributed by atoms with van der Waals surface area (Å²) in [6, 6.07) is 0. The fraction of sp³-hybridized carbons (Fsp3) is 0.765. The number of hydrogen-bond acceptors (Lipinski definition) is 4. The maximum absolute atomic E-state index is 11.9. The van der Waals surface area contributed by atoms with Crippen LogP contribution in [-0.4, -0.2) is 49.8 Å². The zero-order chi connectivity index (χ0) is 17.2. The molecule has 0 bridgehead atoms. The highest BCUT2D eigenvalue weighted by Crippen LogP contribution is 2.37. The SMILES string of the molecule is Cc1nc(CN2CC[C@H](O)[C@](CCC(C)C)(C(=O)O)C2)cn1C. The van der Waals surface area contributed by atoms with E-state index in [0.717, 1.165) is 17.9 Å². The number of rotatable bonds is 6.